The summed E-state index contributed by atoms with van der Waals surface area (Å²) in [6, 6.07) is -1.30. The number of H-pyrrole nitrogens is 1. The molecule has 0 saturated carbocycles. The van der Waals surface area contributed by atoms with E-state index in [2.05, 4.69) is 58.8 Å². The summed E-state index contributed by atoms with van der Waals surface area (Å²) >= 11 is 1.37. The number of nitrogens with two attached hydrogens (primary N) is 3. The highest BCUT2D eigenvalue weighted by molar-refractivity contribution is 8.14. The van der Waals surface area contributed by atoms with Crippen molar-refractivity contribution in [3.05, 3.63) is 66.8 Å². The molecule has 0 radical (unpaired) electrons. The summed E-state index contributed by atoms with van der Waals surface area (Å²) < 4.78 is 0. The Labute approximate surface area is 595 Å². The molecule has 0 aliphatic carbocycles. The summed E-state index contributed by atoms with van der Waals surface area (Å²) in [5, 5.41) is 39.5. The van der Waals surface area contributed by atoms with Crippen LogP contribution in [-0.2, 0) is 80.0 Å². The number of imidazole rings is 1. The van der Waals surface area contributed by atoms with E-state index >= 15 is 9.59 Å². The van der Waals surface area contributed by atoms with Gasteiger partial charge in [-0.05, 0) is 80.7 Å². The Bertz CT molecular complexity index is 3200. The Morgan fingerprint density at radius 3 is 1.99 bits per heavy atom. The van der Waals surface area contributed by atoms with Crippen LogP contribution in [0.5, 0.6) is 0 Å². The van der Waals surface area contributed by atoms with Crippen LogP contribution in [0.1, 0.15) is 169 Å². The number of nitrogens with zero attached hydrogens (tertiary/aromatic N) is 2. The number of aliphatic imine (C=N–C) groups is 1. The molecule has 0 spiro atoms. The van der Waals surface area contributed by atoms with Crippen molar-refractivity contribution in [3.63, 3.8) is 0 Å². The lowest BCUT2D eigenvalue weighted by atomic mass is 9.83. The summed E-state index contributed by atoms with van der Waals surface area (Å²) in [7, 11) is 0. The molecule has 1 aromatic carbocycles. The van der Waals surface area contributed by atoms with Crippen molar-refractivity contribution < 1.29 is 77.3 Å². The highest BCUT2D eigenvalue weighted by Gasteiger charge is 2.40. The fourth-order valence-electron chi connectivity index (χ4n) is 12.1. The number of carboxylic acids is 2. The normalized spacial score (nSPS) is 23.2. The smallest absolute Gasteiger partial charge is 0.305 e. The first kappa shape index (κ1) is 84.9. The van der Waals surface area contributed by atoms with Crippen LogP contribution in [0.4, 0.5) is 0 Å². The number of ketones is 4. The molecule has 101 heavy (non-hydrogen) atoms. The third-order valence-electron chi connectivity index (χ3n) is 18.7. The van der Waals surface area contributed by atoms with Gasteiger partial charge >= 0.3 is 11.9 Å². The van der Waals surface area contributed by atoms with Crippen LogP contribution in [0.15, 0.2) is 60.5 Å². The van der Waals surface area contributed by atoms with Gasteiger partial charge < -0.3 is 69.6 Å². The summed E-state index contributed by atoms with van der Waals surface area (Å²) in [5.74, 6) is -18.5. The monoisotopic (exact) mass is 1430 g/mol. The lowest BCUT2D eigenvalue weighted by molar-refractivity contribution is -0.141. The third-order valence-corrected chi connectivity index (χ3v) is 19.8. The topological polar surface area (TPSA) is 483 Å². The van der Waals surface area contributed by atoms with E-state index in [1.165, 1.54) is 24.3 Å². The van der Waals surface area contributed by atoms with Gasteiger partial charge in [-0.15, -0.1) is 18.3 Å². The Morgan fingerprint density at radius 2 is 1.39 bits per heavy atom. The van der Waals surface area contributed by atoms with Crippen molar-refractivity contribution in [2.24, 2.45) is 69.5 Å². The quantitative estimate of drug-likeness (QED) is 0.0448. The molecule has 3 heterocycles. The van der Waals surface area contributed by atoms with Crippen molar-refractivity contribution in [2.75, 3.05) is 18.8 Å². The number of aliphatic carboxylic acids is 2. The number of aromatic amines is 1. The van der Waals surface area contributed by atoms with Gasteiger partial charge in [-0.1, -0.05) is 104 Å². The van der Waals surface area contributed by atoms with Crippen molar-refractivity contribution in [2.45, 2.75) is 219 Å². The maximum absolute atomic E-state index is 15.0. The number of thioether (sulfide) groups is 1. The number of carbonyl (C=O) groups is 14. The predicted molar refractivity (Wildman–Crippen MR) is 379 cm³/mol. The number of aromatic nitrogens is 2. The van der Waals surface area contributed by atoms with Crippen LogP contribution in [0.2, 0.25) is 0 Å². The van der Waals surface area contributed by atoms with Gasteiger partial charge in [0.15, 0.2) is 23.1 Å². The van der Waals surface area contributed by atoms with Gasteiger partial charge in [0.2, 0.25) is 47.3 Å². The van der Waals surface area contributed by atoms with Crippen LogP contribution in [0.3, 0.4) is 0 Å². The largest absolute Gasteiger partial charge is 0.481 e. The average molecular weight is 1430 g/mol. The van der Waals surface area contributed by atoms with Crippen molar-refractivity contribution in [3.8, 4) is 0 Å². The Balaban J connectivity index is 1.79. The minimum Gasteiger partial charge on any atom is -0.481 e. The number of benzene rings is 1. The molecule has 30 heteroatoms. The number of primary amides is 1. The molecule has 15 atom stereocenters. The highest BCUT2D eigenvalue weighted by atomic mass is 32.2. The molecule has 15 unspecified atom stereocenters. The Kier molecular flexibility index (Phi) is 36.4. The van der Waals surface area contributed by atoms with Gasteiger partial charge in [0.25, 0.3) is 0 Å². The fourth-order valence-corrected chi connectivity index (χ4v) is 13.3. The zero-order chi connectivity index (χ0) is 75.0. The third kappa shape index (κ3) is 28.8. The second kappa shape index (κ2) is 43.3. The SMILES string of the molecule is C=CCC(C)C1CC(=O)C(CCCN)NC(=O)C(CC(=O)C(NC(=O)C(CCC(=O)O)CC(=O)C(CC(C)C)NC(=O)C2CSC(C(N)C(C)CC)=N2)C(C)CC)CCCCNC(=O)C(CC(N)=O)CC(=O)C(CC(=O)O)NC(=O)C(Cc2c[nH]cn2)NC(=O)C(Cc2ccccc2)NC1=O. The first-order valence-electron chi connectivity index (χ1n) is 35.1. The number of hydrogen-bond donors (Lipinski definition) is 13. The number of amides is 8. The summed E-state index contributed by atoms with van der Waals surface area (Å²) in [6.45, 7) is 16.6. The molecule has 1 aromatic heterocycles. The molecule has 1 fully saturated rings. The Morgan fingerprint density at radius 1 is 0.743 bits per heavy atom. The molecule has 8 amide bonds. The van der Waals surface area contributed by atoms with E-state index in [1.54, 1.807) is 57.2 Å². The molecule has 558 valence electrons. The van der Waals surface area contributed by atoms with Gasteiger partial charge in [0, 0.05) is 87.6 Å². The van der Waals surface area contributed by atoms with Crippen LogP contribution >= 0.6 is 11.8 Å². The number of allylic oxidation sites excluding steroid dienone is 1. The van der Waals surface area contributed by atoms with Crippen LogP contribution in [-0.4, -0.2) is 175 Å². The number of Topliss-reactive ketones (excluding diaryl/α,β-unsaturated/α-hetero) is 4. The van der Waals surface area contributed by atoms with E-state index in [4.69, 9.17) is 17.2 Å². The molecule has 2 aliphatic heterocycles. The van der Waals surface area contributed by atoms with Crippen LogP contribution in [0, 0.1) is 47.3 Å². The zero-order valence-corrected chi connectivity index (χ0v) is 60.1. The fraction of sp³-hybridized carbons (Fsp3) is 0.634. The number of carbonyl (C=O) groups excluding carboxylic acids is 12. The molecule has 29 nitrogen and oxygen atoms in total. The lowest BCUT2D eigenvalue weighted by Crippen LogP contribution is -2.58. The molecule has 16 N–H and O–H groups in total. The minimum absolute atomic E-state index is 0.0238. The minimum atomic E-state index is -1.82. The molecule has 2 aliphatic rings. The van der Waals surface area contributed by atoms with Crippen LogP contribution in [0.25, 0.3) is 0 Å². The number of nitrogens with one attached hydrogen (secondary N) is 8. The van der Waals surface area contributed by atoms with Gasteiger partial charge in [0.05, 0.1) is 59.6 Å². The molecule has 2 aromatic rings. The number of hydrogen-bond acceptors (Lipinski definition) is 19. The molecular weight excluding hydrogens is 1320 g/mol. The highest BCUT2D eigenvalue weighted by Crippen LogP contribution is 2.28. The maximum atomic E-state index is 15.0. The van der Waals surface area contributed by atoms with E-state index in [9.17, 15) is 67.7 Å². The van der Waals surface area contributed by atoms with Gasteiger partial charge in [0.1, 0.15) is 18.1 Å². The van der Waals surface area contributed by atoms with Crippen molar-refractivity contribution in [1.82, 2.24) is 47.2 Å². The van der Waals surface area contributed by atoms with Crippen LogP contribution < -0.4 is 54.4 Å². The second-order valence-electron chi connectivity index (χ2n) is 27.3. The van der Waals surface area contributed by atoms with Crippen molar-refractivity contribution >= 4 is 99.1 Å². The Hall–Kier alpha value is -8.51. The molecular formula is C71H107N13O16S. The molecule has 1 saturated heterocycles. The maximum Gasteiger partial charge on any atom is 0.305 e. The standard InChI is InChI=1S/C71H107N13O16S/c1-9-18-42(8)48-34-57(87)49(22-17-25-72)78-65(95)44(30-58(88)63(41(7)11-3)84-66(96)45(23-24-60(90)91)29-55(85)50(27-39(4)5)79-70(100)54-37-101-71(83-54)62(74)40(6)10-2)21-15-16-26-76-64(94)46(32-59(73)89)31-56(86)51(35-61(92)93)80-69(99)53(33-47-36-75-38-77-47)82-68(98)52(81-67(48)97)28-43-19-13-12-14-20-43/h9,12-14,19-20,36,38-42,44-46,48-54,62-63H,1,10-11,15-18,21-35,37,72,74H2,2-8H3,(H2,73,89)(H,75,77)(H,76,94)(H,78,95)(H,79,100)(H,80,99)(H,81,97)(H,82,98)(H,84,96)(H,90,91)(H,92,93). The molecule has 0 bridgehead atoms. The van der Waals surface area contributed by atoms with E-state index in [1.807, 2.05) is 27.7 Å². The van der Waals surface area contributed by atoms with E-state index < -0.39 is 205 Å². The second-order valence-corrected chi connectivity index (χ2v) is 28.3. The number of carboxylic acid groups (broad SMARTS) is 2. The first-order valence-corrected chi connectivity index (χ1v) is 36.1. The van der Waals surface area contributed by atoms with Gasteiger partial charge in [-0.3, -0.25) is 72.1 Å². The van der Waals surface area contributed by atoms with E-state index in [-0.39, 0.29) is 101 Å². The number of rotatable bonds is 34. The van der Waals surface area contributed by atoms with Gasteiger partial charge in [-0.25, -0.2) is 4.98 Å². The summed E-state index contributed by atoms with van der Waals surface area (Å²) in [5.41, 5.74) is 18.8. The van der Waals surface area contributed by atoms with Crippen molar-refractivity contribution in [1.29, 1.82) is 0 Å². The summed E-state index contributed by atoms with van der Waals surface area (Å²) in [4.78, 5) is 208. The zero-order valence-electron chi connectivity index (χ0n) is 59.3. The summed E-state index contributed by atoms with van der Waals surface area (Å²) in [6.07, 6.45) is 0.655. The van der Waals surface area contributed by atoms with E-state index in [0.29, 0.717) is 22.8 Å². The molecule has 4 rings (SSSR count). The van der Waals surface area contributed by atoms with Gasteiger partial charge in [-0.2, -0.15) is 0 Å². The average Bonchev–Trinajstić information content (AvgIpc) is 1.05. The van der Waals surface area contributed by atoms with E-state index in [0.717, 1.165) is 6.42 Å². The first-order chi connectivity index (χ1) is 47.9. The predicted octanol–water partition coefficient (Wildman–Crippen LogP) is 2.85. The lowest BCUT2D eigenvalue weighted by Gasteiger charge is -2.29.